The zero-order valence-electron chi connectivity index (χ0n) is 17.4. The maximum atomic E-state index is 13.0. The average Bonchev–Trinajstić information content (AvgIpc) is 3.68. The van der Waals surface area contributed by atoms with Gasteiger partial charge in [-0.3, -0.25) is 4.79 Å². The molecule has 1 heterocycles. The van der Waals surface area contributed by atoms with Crippen LogP contribution in [0.2, 0.25) is 0 Å². The first-order valence-electron chi connectivity index (χ1n) is 10.7. The molecular weight excluding hydrogens is 416 g/mol. The highest BCUT2D eigenvalue weighted by Crippen LogP contribution is 2.36. The molecule has 1 saturated carbocycles. The molecule has 1 amide bonds. The van der Waals surface area contributed by atoms with Gasteiger partial charge in [-0.25, -0.2) is 4.98 Å². The van der Waals surface area contributed by atoms with Crippen molar-refractivity contribution in [1.29, 1.82) is 0 Å². The van der Waals surface area contributed by atoms with Crippen molar-refractivity contribution >= 4 is 17.7 Å². The fourth-order valence-electron chi connectivity index (χ4n) is 3.46. The van der Waals surface area contributed by atoms with Crippen molar-refractivity contribution in [1.82, 2.24) is 20.5 Å². The van der Waals surface area contributed by atoms with Gasteiger partial charge in [-0.15, -0.1) is 10.2 Å². The highest BCUT2D eigenvalue weighted by molar-refractivity contribution is 8.00. The highest BCUT2D eigenvalue weighted by Gasteiger charge is 2.30. The molecule has 1 fully saturated rings. The summed E-state index contributed by atoms with van der Waals surface area (Å²) in [5, 5.41) is 12.1. The number of carbonyl (C=O) groups is 1. The minimum Gasteiger partial charge on any atom is -0.352 e. The second-order valence-corrected chi connectivity index (χ2v) is 8.79. The maximum Gasteiger partial charge on any atom is 0.238 e. The summed E-state index contributed by atoms with van der Waals surface area (Å²) in [7, 11) is 0. The molecule has 0 aliphatic heterocycles. The summed E-state index contributed by atoms with van der Waals surface area (Å²) >= 11 is 1.34. The molecule has 0 bridgehead atoms. The average molecular weight is 439 g/mol. The number of hydrogen-bond acceptors (Lipinski definition) is 5. The zero-order chi connectivity index (χ0) is 21.8. The van der Waals surface area contributed by atoms with Crippen LogP contribution in [-0.4, -0.2) is 27.1 Å². The predicted molar refractivity (Wildman–Crippen MR) is 127 cm³/mol. The smallest absolute Gasteiger partial charge is 0.238 e. The molecule has 1 N–H and O–H groups in total. The first-order chi connectivity index (χ1) is 15.8. The van der Waals surface area contributed by atoms with E-state index < -0.39 is 5.25 Å². The van der Waals surface area contributed by atoms with Gasteiger partial charge in [0.05, 0.1) is 0 Å². The number of hydrogen-bond donors (Lipinski definition) is 1. The quantitative estimate of drug-likeness (QED) is 0.396. The van der Waals surface area contributed by atoms with Gasteiger partial charge >= 0.3 is 0 Å². The van der Waals surface area contributed by atoms with Crippen molar-refractivity contribution in [3.05, 3.63) is 96.6 Å². The van der Waals surface area contributed by atoms with Crippen molar-refractivity contribution in [3.63, 3.8) is 0 Å². The Morgan fingerprint density at radius 2 is 1.34 bits per heavy atom. The Balaban J connectivity index is 1.53. The van der Waals surface area contributed by atoms with Gasteiger partial charge in [-0.2, -0.15) is 0 Å². The van der Waals surface area contributed by atoms with Crippen LogP contribution in [-0.2, 0) is 4.79 Å². The summed E-state index contributed by atoms with van der Waals surface area (Å²) in [6, 6.07) is 29.9. The van der Waals surface area contributed by atoms with Gasteiger partial charge in [0.2, 0.25) is 11.1 Å². The number of amides is 1. The van der Waals surface area contributed by atoms with Gasteiger partial charge in [-0.1, -0.05) is 103 Å². The Hall–Kier alpha value is -3.51. The maximum absolute atomic E-state index is 13.0. The fourth-order valence-corrected chi connectivity index (χ4v) is 4.37. The summed E-state index contributed by atoms with van der Waals surface area (Å²) in [5.74, 6) is -0.0132. The predicted octanol–water partition coefficient (Wildman–Crippen LogP) is 5.32. The molecule has 1 aliphatic rings. The van der Waals surface area contributed by atoms with Gasteiger partial charge in [-0.05, 0) is 18.4 Å². The van der Waals surface area contributed by atoms with Crippen molar-refractivity contribution in [2.24, 2.45) is 0 Å². The molecule has 5 rings (SSSR count). The molecule has 4 aromatic rings. The van der Waals surface area contributed by atoms with Crippen LogP contribution in [0.4, 0.5) is 0 Å². The second kappa shape index (κ2) is 9.32. The van der Waals surface area contributed by atoms with Crippen LogP contribution in [0.15, 0.2) is 96.2 Å². The van der Waals surface area contributed by atoms with Gasteiger partial charge in [0.1, 0.15) is 16.6 Å². The van der Waals surface area contributed by atoms with E-state index in [2.05, 4.69) is 15.5 Å². The third-order valence-electron chi connectivity index (χ3n) is 5.25. The van der Waals surface area contributed by atoms with Crippen LogP contribution in [0.3, 0.4) is 0 Å². The first kappa shape index (κ1) is 20.4. The van der Waals surface area contributed by atoms with E-state index >= 15 is 0 Å². The van der Waals surface area contributed by atoms with E-state index in [0.717, 1.165) is 40.9 Å². The lowest BCUT2D eigenvalue weighted by atomic mass is 10.0. The molecule has 0 unspecified atom stereocenters. The van der Waals surface area contributed by atoms with Crippen molar-refractivity contribution in [2.45, 2.75) is 29.3 Å². The Labute approximate surface area is 191 Å². The lowest BCUT2D eigenvalue weighted by Gasteiger charge is -2.16. The van der Waals surface area contributed by atoms with Crippen LogP contribution in [0.25, 0.3) is 22.5 Å². The van der Waals surface area contributed by atoms with Crippen molar-refractivity contribution < 1.29 is 4.79 Å². The Bertz CT molecular complexity index is 1200. The normalized spacial score (nSPS) is 14.0. The molecule has 0 radical (unpaired) electrons. The van der Waals surface area contributed by atoms with Crippen molar-refractivity contribution in [2.75, 3.05) is 0 Å². The standard InChI is InChI=1S/C26H22N4OS/c31-25(27-21-16-17-21)24(20-14-8-3-9-15-20)32-26-28-22(18-10-4-1-5-11-18)23(29-30-26)19-12-6-2-7-13-19/h1-15,21,24H,16-17H2,(H,27,31)/t24-/m0/s1. The van der Waals surface area contributed by atoms with E-state index in [1.165, 1.54) is 11.8 Å². The molecule has 32 heavy (non-hydrogen) atoms. The molecule has 158 valence electrons. The van der Waals surface area contributed by atoms with Gasteiger partial charge in [0.25, 0.3) is 0 Å². The molecule has 0 spiro atoms. The number of rotatable bonds is 7. The molecule has 6 heteroatoms. The summed E-state index contributed by atoms with van der Waals surface area (Å²) in [4.78, 5) is 17.9. The zero-order valence-corrected chi connectivity index (χ0v) is 18.2. The van der Waals surface area contributed by atoms with Gasteiger partial charge < -0.3 is 5.32 Å². The van der Waals surface area contributed by atoms with Crippen LogP contribution < -0.4 is 5.32 Å². The van der Waals surface area contributed by atoms with E-state index in [1.807, 2.05) is 91.0 Å². The molecule has 3 aromatic carbocycles. The third-order valence-corrected chi connectivity index (χ3v) is 6.35. The number of benzene rings is 3. The summed E-state index contributed by atoms with van der Waals surface area (Å²) in [5.41, 5.74) is 4.31. The lowest BCUT2D eigenvalue weighted by molar-refractivity contribution is -0.120. The van der Waals surface area contributed by atoms with E-state index in [9.17, 15) is 4.79 Å². The highest BCUT2D eigenvalue weighted by atomic mass is 32.2. The Kier molecular flexibility index (Phi) is 5.94. The molecule has 1 aliphatic carbocycles. The van der Waals surface area contributed by atoms with Gasteiger partial charge in [0.15, 0.2) is 0 Å². The van der Waals surface area contributed by atoms with E-state index in [1.54, 1.807) is 0 Å². The Morgan fingerprint density at radius 3 is 1.94 bits per heavy atom. The number of nitrogens with zero attached hydrogens (tertiary/aromatic N) is 3. The van der Waals surface area contributed by atoms with Crippen LogP contribution in [0.5, 0.6) is 0 Å². The van der Waals surface area contributed by atoms with Crippen LogP contribution >= 0.6 is 11.8 Å². The van der Waals surface area contributed by atoms with Crippen molar-refractivity contribution in [3.8, 4) is 22.5 Å². The molecule has 1 atom stereocenters. The number of thioether (sulfide) groups is 1. The summed E-state index contributed by atoms with van der Waals surface area (Å²) in [6.45, 7) is 0. The van der Waals surface area contributed by atoms with E-state index in [0.29, 0.717) is 5.16 Å². The second-order valence-electron chi connectivity index (χ2n) is 7.72. The van der Waals surface area contributed by atoms with E-state index in [4.69, 9.17) is 4.98 Å². The van der Waals surface area contributed by atoms with Gasteiger partial charge in [0, 0.05) is 17.2 Å². The first-order valence-corrected chi connectivity index (χ1v) is 11.5. The summed E-state index contributed by atoms with van der Waals surface area (Å²) < 4.78 is 0. The van der Waals surface area contributed by atoms with Crippen LogP contribution in [0.1, 0.15) is 23.7 Å². The summed E-state index contributed by atoms with van der Waals surface area (Å²) in [6.07, 6.45) is 2.08. The van der Waals surface area contributed by atoms with E-state index in [-0.39, 0.29) is 11.9 Å². The van der Waals surface area contributed by atoms with Crippen LogP contribution in [0, 0.1) is 0 Å². The molecule has 1 aromatic heterocycles. The third kappa shape index (κ3) is 4.70. The fraction of sp³-hybridized carbons (Fsp3) is 0.154. The minimum absolute atomic E-state index is 0.0132. The largest absolute Gasteiger partial charge is 0.352 e. The number of nitrogens with one attached hydrogen (secondary N) is 1. The molecular formula is C26H22N4OS. The molecule has 0 saturated heterocycles. The lowest BCUT2D eigenvalue weighted by Crippen LogP contribution is -2.29. The SMILES string of the molecule is O=C(NC1CC1)[C@@H](Sc1nnc(-c2ccccc2)c(-c2ccccc2)n1)c1ccccc1. The topological polar surface area (TPSA) is 67.8 Å². The molecule has 5 nitrogen and oxygen atoms in total. The Morgan fingerprint density at radius 1 is 0.781 bits per heavy atom. The number of aromatic nitrogens is 3. The minimum atomic E-state index is -0.440. The monoisotopic (exact) mass is 438 g/mol. The number of carbonyl (C=O) groups excluding carboxylic acids is 1.